The smallest absolute Gasteiger partial charge is 0.225 e. The average molecular weight is 235 g/mol. The van der Waals surface area contributed by atoms with Gasteiger partial charge in [0.05, 0.1) is 6.61 Å². The number of nitrogens with one attached hydrogen (secondary N) is 1. The van der Waals surface area contributed by atoms with Gasteiger partial charge >= 0.3 is 0 Å². The van der Waals surface area contributed by atoms with Gasteiger partial charge in [0.2, 0.25) is 5.91 Å². The summed E-state index contributed by atoms with van der Waals surface area (Å²) in [5.74, 6) is 0.0599. The van der Waals surface area contributed by atoms with E-state index in [-0.39, 0.29) is 11.3 Å². The maximum Gasteiger partial charge on any atom is 0.225 e. The first-order valence-electron chi connectivity index (χ1n) is 5.79. The lowest BCUT2D eigenvalue weighted by atomic mass is 9.95. The van der Waals surface area contributed by atoms with Gasteiger partial charge in [0.25, 0.3) is 0 Å². The van der Waals surface area contributed by atoms with Gasteiger partial charge in [0.1, 0.15) is 0 Å². The molecule has 0 aliphatic carbocycles. The van der Waals surface area contributed by atoms with E-state index in [4.69, 9.17) is 4.74 Å². The number of hydrogen-bond acceptors (Lipinski definition) is 2. The number of rotatable bonds is 4. The van der Waals surface area contributed by atoms with E-state index in [1.54, 1.807) is 7.11 Å². The van der Waals surface area contributed by atoms with Gasteiger partial charge in [0.15, 0.2) is 0 Å². The van der Waals surface area contributed by atoms with E-state index in [0.717, 1.165) is 11.1 Å². The molecule has 1 amide bonds. The van der Waals surface area contributed by atoms with Crippen molar-refractivity contribution in [2.75, 3.05) is 7.11 Å². The number of hydrogen-bond donors (Lipinski definition) is 1. The van der Waals surface area contributed by atoms with E-state index < -0.39 is 0 Å². The highest BCUT2D eigenvalue weighted by atomic mass is 16.5. The summed E-state index contributed by atoms with van der Waals surface area (Å²) in [7, 11) is 1.67. The second kappa shape index (κ2) is 5.82. The van der Waals surface area contributed by atoms with Gasteiger partial charge in [-0.2, -0.15) is 0 Å². The van der Waals surface area contributed by atoms with Crippen LogP contribution in [0.5, 0.6) is 0 Å². The average Bonchev–Trinajstić information content (AvgIpc) is 2.26. The molecular weight excluding hydrogens is 214 g/mol. The van der Waals surface area contributed by atoms with Crippen molar-refractivity contribution in [1.29, 1.82) is 0 Å². The van der Waals surface area contributed by atoms with Crippen LogP contribution in [0.3, 0.4) is 0 Å². The fourth-order valence-corrected chi connectivity index (χ4v) is 1.47. The van der Waals surface area contributed by atoms with Gasteiger partial charge in [-0.15, -0.1) is 0 Å². The number of amides is 1. The standard InChI is InChI=1S/C14H21NO2/c1-14(2,3)13(16)15-9-11-7-5-6-8-12(11)10-17-4/h5-8H,9-10H2,1-4H3,(H,15,16). The summed E-state index contributed by atoms with van der Waals surface area (Å²) < 4.78 is 5.13. The minimum atomic E-state index is -0.351. The topological polar surface area (TPSA) is 38.3 Å². The third-order valence-electron chi connectivity index (χ3n) is 2.54. The Morgan fingerprint density at radius 3 is 2.35 bits per heavy atom. The fraction of sp³-hybridized carbons (Fsp3) is 0.500. The molecule has 1 N–H and O–H groups in total. The van der Waals surface area contributed by atoms with Crippen LogP contribution in [0.25, 0.3) is 0 Å². The number of carbonyl (C=O) groups is 1. The molecule has 0 spiro atoms. The Kier molecular flexibility index (Phi) is 4.70. The van der Waals surface area contributed by atoms with Crippen molar-refractivity contribution in [3.8, 4) is 0 Å². The number of carbonyl (C=O) groups excluding carboxylic acids is 1. The molecule has 0 radical (unpaired) electrons. The molecule has 1 aromatic rings. The normalized spacial score (nSPS) is 11.3. The van der Waals surface area contributed by atoms with Crippen molar-refractivity contribution in [2.45, 2.75) is 33.9 Å². The Balaban J connectivity index is 2.66. The van der Waals surface area contributed by atoms with Gasteiger partial charge < -0.3 is 10.1 Å². The summed E-state index contributed by atoms with van der Waals surface area (Å²) >= 11 is 0. The van der Waals surface area contributed by atoms with Crippen LogP contribution in [0, 0.1) is 5.41 Å². The maximum absolute atomic E-state index is 11.8. The summed E-state index contributed by atoms with van der Waals surface area (Å²) in [5.41, 5.74) is 1.87. The summed E-state index contributed by atoms with van der Waals surface area (Å²) in [6, 6.07) is 7.97. The van der Waals surface area contributed by atoms with Crippen molar-refractivity contribution in [2.24, 2.45) is 5.41 Å². The monoisotopic (exact) mass is 235 g/mol. The molecule has 0 heterocycles. The summed E-state index contributed by atoms with van der Waals surface area (Å²) in [6.07, 6.45) is 0. The first kappa shape index (κ1) is 13.7. The van der Waals surface area contributed by atoms with E-state index in [1.807, 2.05) is 45.0 Å². The van der Waals surface area contributed by atoms with Gasteiger partial charge in [-0.3, -0.25) is 4.79 Å². The summed E-state index contributed by atoms with van der Waals surface area (Å²) in [6.45, 7) is 6.84. The molecule has 0 aliphatic rings. The minimum absolute atomic E-state index is 0.0599. The second-order valence-corrected chi connectivity index (χ2v) is 5.13. The molecule has 0 unspecified atom stereocenters. The zero-order valence-electron chi connectivity index (χ0n) is 11.0. The maximum atomic E-state index is 11.8. The molecule has 0 aliphatic heterocycles. The highest BCUT2D eigenvalue weighted by Gasteiger charge is 2.20. The molecule has 3 heteroatoms. The highest BCUT2D eigenvalue weighted by Crippen LogP contribution is 2.14. The van der Waals surface area contributed by atoms with Crippen LogP contribution in [-0.4, -0.2) is 13.0 Å². The van der Waals surface area contributed by atoms with Crippen LogP contribution in [0.1, 0.15) is 31.9 Å². The number of benzene rings is 1. The quantitative estimate of drug-likeness (QED) is 0.870. The highest BCUT2D eigenvalue weighted by molar-refractivity contribution is 5.81. The molecule has 0 aromatic heterocycles. The van der Waals surface area contributed by atoms with Crippen molar-refractivity contribution >= 4 is 5.91 Å². The number of ether oxygens (including phenoxy) is 1. The lowest BCUT2D eigenvalue weighted by Crippen LogP contribution is -2.34. The van der Waals surface area contributed by atoms with Crippen LogP contribution in [0.15, 0.2) is 24.3 Å². The number of methoxy groups -OCH3 is 1. The lowest BCUT2D eigenvalue weighted by Gasteiger charge is -2.18. The van der Waals surface area contributed by atoms with Gasteiger partial charge in [0, 0.05) is 19.1 Å². The van der Waals surface area contributed by atoms with Gasteiger partial charge in [-0.05, 0) is 11.1 Å². The van der Waals surface area contributed by atoms with E-state index in [9.17, 15) is 4.79 Å². The van der Waals surface area contributed by atoms with E-state index in [1.165, 1.54) is 0 Å². The summed E-state index contributed by atoms with van der Waals surface area (Å²) in [4.78, 5) is 11.8. The molecule has 0 saturated carbocycles. The zero-order chi connectivity index (χ0) is 12.9. The first-order valence-corrected chi connectivity index (χ1v) is 5.79. The van der Waals surface area contributed by atoms with Crippen LogP contribution in [-0.2, 0) is 22.7 Å². The SMILES string of the molecule is COCc1ccccc1CNC(=O)C(C)(C)C. The summed E-state index contributed by atoms with van der Waals surface area (Å²) in [5, 5.41) is 2.94. The first-order chi connectivity index (χ1) is 7.95. The van der Waals surface area contributed by atoms with Crippen molar-refractivity contribution < 1.29 is 9.53 Å². The Morgan fingerprint density at radius 2 is 1.82 bits per heavy atom. The van der Waals surface area contributed by atoms with Crippen LogP contribution >= 0.6 is 0 Å². The predicted octanol–water partition coefficient (Wildman–Crippen LogP) is 2.50. The molecule has 17 heavy (non-hydrogen) atoms. The van der Waals surface area contributed by atoms with E-state index >= 15 is 0 Å². The minimum Gasteiger partial charge on any atom is -0.380 e. The third-order valence-corrected chi connectivity index (χ3v) is 2.54. The Labute approximate surface area is 103 Å². The molecule has 0 saturated heterocycles. The Morgan fingerprint density at radius 1 is 1.24 bits per heavy atom. The molecule has 1 aromatic carbocycles. The van der Waals surface area contributed by atoms with Gasteiger partial charge in [-0.1, -0.05) is 45.0 Å². The van der Waals surface area contributed by atoms with Crippen LogP contribution in [0.4, 0.5) is 0 Å². The van der Waals surface area contributed by atoms with Crippen molar-refractivity contribution in [3.05, 3.63) is 35.4 Å². The van der Waals surface area contributed by atoms with Crippen molar-refractivity contribution in [1.82, 2.24) is 5.32 Å². The Hall–Kier alpha value is -1.35. The molecule has 3 nitrogen and oxygen atoms in total. The van der Waals surface area contributed by atoms with E-state index in [0.29, 0.717) is 13.2 Å². The van der Waals surface area contributed by atoms with Crippen LogP contribution < -0.4 is 5.32 Å². The molecule has 0 atom stereocenters. The molecule has 0 bridgehead atoms. The van der Waals surface area contributed by atoms with Gasteiger partial charge in [-0.25, -0.2) is 0 Å². The predicted molar refractivity (Wildman–Crippen MR) is 68.5 cm³/mol. The zero-order valence-corrected chi connectivity index (χ0v) is 11.0. The Bertz CT molecular complexity index is 380. The second-order valence-electron chi connectivity index (χ2n) is 5.13. The fourth-order valence-electron chi connectivity index (χ4n) is 1.47. The van der Waals surface area contributed by atoms with Crippen molar-refractivity contribution in [3.63, 3.8) is 0 Å². The molecule has 94 valence electrons. The molecule has 0 fully saturated rings. The van der Waals surface area contributed by atoms with E-state index in [2.05, 4.69) is 5.32 Å². The molecular formula is C14H21NO2. The molecule has 1 rings (SSSR count). The third kappa shape index (κ3) is 4.19. The lowest BCUT2D eigenvalue weighted by molar-refractivity contribution is -0.128. The van der Waals surface area contributed by atoms with Crippen LogP contribution in [0.2, 0.25) is 0 Å². The largest absolute Gasteiger partial charge is 0.380 e.